The Bertz CT molecular complexity index is 825. The lowest BCUT2D eigenvalue weighted by atomic mass is 10.1. The number of hydrogen-bond acceptors (Lipinski definition) is 3. The van der Waals surface area contributed by atoms with E-state index in [4.69, 9.17) is 0 Å². The summed E-state index contributed by atoms with van der Waals surface area (Å²) in [5.74, 6) is -1.18. The van der Waals surface area contributed by atoms with Gasteiger partial charge in [0, 0.05) is 6.54 Å². The van der Waals surface area contributed by atoms with Crippen LogP contribution in [0, 0.1) is 5.82 Å². The van der Waals surface area contributed by atoms with Gasteiger partial charge in [0.1, 0.15) is 11.9 Å². The number of carbonyl (C=O) groups is 1. The fourth-order valence-electron chi connectivity index (χ4n) is 2.53. The highest BCUT2D eigenvalue weighted by atomic mass is 32.2. The number of nitrogens with one attached hydrogen (secondary N) is 1. The van der Waals surface area contributed by atoms with E-state index in [1.807, 2.05) is 30.3 Å². The van der Waals surface area contributed by atoms with E-state index in [0.29, 0.717) is 13.0 Å². The van der Waals surface area contributed by atoms with Crippen LogP contribution in [0.5, 0.6) is 0 Å². The Labute approximate surface area is 147 Å². The van der Waals surface area contributed by atoms with Crippen LogP contribution in [-0.2, 0) is 21.2 Å². The molecule has 0 fully saturated rings. The van der Waals surface area contributed by atoms with Gasteiger partial charge in [-0.2, -0.15) is 0 Å². The molecule has 7 heteroatoms. The monoisotopic (exact) mass is 364 g/mol. The number of nitrogens with zero attached hydrogens (tertiary/aromatic N) is 1. The second-order valence-electron chi connectivity index (χ2n) is 5.71. The standard InChI is InChI=1S/C18H21FN2O3S/c1-14(18(22)20-13-12-15-8-4-3-5-9-15)21(25(2,23)24)17-11-7-6-10-16(17)19/h3-11,14H,12-13H2,1-2H3,(H,20,22). The summed E-state index contributed by atoms with van der Waals surface area (Å²) in [5, 5.41) is 2.71. The molecule has 0 saturated heterocycles. The van der Waals surface area contributed by atoms with Crippen molar-refractivity contribution in [2.75, 3.05) is 17.1 Å². The molecule has 0 radical (unpaired) electrons. The van der Waals surface area contributed by atoms with Crippen molar-refractivity contribution in [3.8, 4) is 0 Å². The van der Waals surface area contributed by atoms with Gasteiger partial charge in [-0.15, -0.1) is 0 Å². The van der Waals surface area contributed by atoms with Crippen molar-refractivity contribution < 1.29 is 17.6 Å². The molecule has 2 aromatic carbocycles. The van der Waals surface area contributed by atoms with Gasteiger partial charge in [0.25, 0.3) is 0 Å². The van der Waals surface area contributed by atoms with Gasteiger partial charge in [0.05, 0.1) is 11.9 Å². The number of sulfonamides is 1. The molecule has 1 amide bonds. The Morgan fingerprint density at radius 1 is 1.12 bits per heavy atom. The summed E-state index contributed by atoms with van der Waals surface area (Å²) in [6.45, 7) is 1.80. The lowest BCUT2D eigenvalue weighted by molar-refractivity contribution is -0.121. The Morgan fingerprint density at radius 2 is 1.72 bits per heavy atom. The lowest BCUT2D eigenvalue weighted by Gasteiger charge is -2.28. The second kappa shape index (κ2) is 8.11. The van der Waals surface area contributed by atoms with Gasteiger partial charge in [0.15, 0.2) is 0 Å². The average molecular weight is 364 g/mol. The summed E-state index contributed by atoms with van der Waals surface area (Å²) < 4.78 is 39.0. The van der Waals surface area contributed by atoms with E-state index in [9.17, 15) is 17.6 Å². The molecule has 0 saturated carbocycles. The van der Waals surface area contributed by atoms with Crippen molar-refractivity contribution in [3.63, 3.8) is 0 Å². The predicted molar refractivity (Wildman–Crippen MR) is 96.3 cm³/mol. The van der Waals surface area contributed by atoms with Crippen LogP contribution in [0.25, 0.3) is 0 Å². The molecule has 1 unspecified atom stereocenters. The van der Waals surface area contributed by atoms with Crippen molar-refractivity contribution in [2.24, 2.45) is 0 Å². The van der Waals surface area contributed by atoms with Crippen LogP contribution in [0.1, 0.15) is 12.5 Å². The van der Waals surface area contributed by atoms with Crippen molar-refractivity contribution in [3.05, 3.63) is 66.0 Å². The molecule has 0 bridgehead atoms. The first-order valence-corrected chi connectivity index (χ1v) is 9.71. The third kappa shape index (κ3) is 5.03. The first-order chi connectivity index (χ1) is 11.8. The van der Waals surface area contributed by atoms with Crippen molar-refractivity contribution in [1.29, 1.82) is 0 Å². The van der Waals surface area contributed by atoms with E-state index >= 15 is 0 Å². The van der Waals surface area contributed by atoms with Gasteiger partial charge in [-0.1, -0.05) is 42.5 Å². The Kier molecular flexibility index (Phi) is 6.14. The van der Waals surface area contributed by atoms with Gasteiger partial charge in [-0.3, -0.25) is 9.10 Å². The number of hydrogen-bond donors (Lipinski definition) is 1. The summed E-state index contributed by atoms with van der Waals surface area (Å²) in [7, 11) is -3.83. The minimum absolute atomic E-state index is 0.143. The quantitative estimate of drug-likeness (QED) is 0.820. The summed E-state index contributed by atoms with van der Waals surface area (Å²) in [5.41, 5.74) is 0.917. The highest BCUT2D eigenvalue weighted by molar-refractivity contribution is 7.92. The summed E-state index contributed by atoms with van der Waals surface area (Å²) >= 11 is 0. The lowest BCUT2D eigenvalue weighted by Crippen LogP contribution is -2.48. The van der Waals surface area contributed by atoms with E-state index in [0.717, 1.165) is 22.2 Å². The summed E-state index contributed by atoms with van der Waals surface area (Å²) in [4.78, 5) is 12.4. The highest BCUT2D eigenvalue weighted by Crippen LogP contribution is 2.23. The van der Waals surface area contributed by atoms with Crippen molar-refractivity contribution in [2.45, 2.75) is 19.4 Å². The van der Waals surface area contributed by atoms with Crippen LogP contribution in [0.2, 0.25) is 0 Å². The molecule has 2 aromatic rings. The van der Waals surface area contributed by atoms with Crippen LogP contribution in [0.15, 0.2) is 54.6 Å². The molecule has 0 heterocycles. The number of rotatable bonds is 7. The summed E-state index contributed by atoms with van der Waals surface area (Å²) in [6, 6.07) is 14.0. The fourth-order valence-corrected chi connectivity index (χ4v) is 3.71. The zero-order valence-electron chi connectivity index (χ0n) is 14.1. The molecule has 0 aliphatic carbocycles. The number of carbonyl (C=O) groups excluding carboxylic acids is 1. The van der Waals surface area contributed by atoms with Gasteiger partial charge >= 0.3 is 0 Å². The normalized spacial score (nSPS) is 12.4. The summed E-state index contributed by atoms with van der Waals surface area (Å²) in [6.07, 6.45) is 1.57. The minimum atomic E-state index is -3.83. The minimum Gasteiger partial charge on any atom is -0.354 e. The zero-order chi connectivity index (χ0) is 18.4. The molecule has 0 aliphatic heterocycles. The third-order valence-corrected chi connectivity index (χ3v) is 4.96. The van der Waals surface area contributed by atoms with Crippen LogP contribution in [0.3, 0.4) is 0 Å². The smallest absolute Gasteiger partial charge is 0.243 e. The SMILES string of the molecule is CC(C(=O)NCCc1ccccc1)N(c1ccccc1F)S(C)(=O)=O. The number of benzene rings is 2. The van der Waals surface area contributed by atoms with Gasteiger partial charge in [-0.25, -0.2) is 12.8 Å². The Hall–Kier alpha value is -2.41. The Balaban J connectivity index is 2.10. The first kappa shape index (κ1) is 18.9. The van der Waals surface area contributed by atoms with Crippen LogP contribution in [-0.4, -0.2) is 33.2 Å². The Morgan fingerprint density at radius 3 is 2.32 bits per heavy atom. The number of anilines is 1. The molecule has 2 rings (SSSR count). The van der Waals surface area contributed by atoms with Gasteiger partial charge in [-0.05, 0) is 31.0 Å². The molecule has 25 heavy (non-hydrogen) atoms. The van der Waals surface area contributed by atoms with E-state index in [2.05, 4.69) is 5.32 Å². The highest BCUT2D eigenvalue weighted by Gasteiger charge is 2.30. The van der Waals surface area contributed by atoms with E-state index in [-0.39, 0.29) is 5.69 Å². The molecular weight excluding hydrogens is 343 g/mol. The predicted octanol–water partition coefficient (Wildman–Crippen LogP) is 2.34. The van der Waals surface area contributed by atoms with E-state index in [1.54, 1.807) is 0 Å². The van der Waals surface area contributed by atoms with Crippen molar-refractivity contribution in [1.82, 2.24) is 5.32 Å². The molecular formula is C18H21FN2O3S. The van der Waals surface area contributed by atoms with E-state index in [1.165, 1.54) is 25.1 Å². The van der Waals surface area contributed by atoms with Crippen LogP contribution >= 0.6 is 0 Å². The molecule has 0 spiro atoms. The average Bonchev–Trinajstić information content (AvgIpc) is 2.56. The molecule has 0 aromatic heterocycles. The van der Waals surface area contributed by atoms with E-state index < -0.39 is 27.8 Å². The van der Waals surface area contributed by atoms with Gasteiger partial charge in [0.2, 0.25) is 15.9 Å². The van der Waals surface area contributed by atoms with Crippen LogP contribution in [0.4, 0.5) is 10.1 Å². The molecule has 1 N–H and O–H groups in total. The largest absolute Gasteiger partial charge is 0.354 e. The number of halogens is 1. The molecule has 5 nitrogen and oxygen atoms in total. The molecule has 1 atom stereocenters. The van der Waals surface area contributed by atoms with Gasteiger partial charge < -0.3 is 5.32 Å². The third-order valence-electron chi connectivity index (χ3n) is 3.73. The zero-order valence-corrected chi connectivity index (χ0v) is 15.0. The fraction of sp³-hybridized carbons (Fsp3) is 0.278. The maximum absolute atomic E-state index is 14.0. The second-order valence-corrected chi connectivity index (χ2v) is 7.57. The van der Waals surface area contributed by atoms with Crippen molar-refractivity contribution >= 4 is 21.6 Å². The molecule has 134 valence electrons. The molecule has 0 aliphatic rings. The topological polar surface area (TPSA) is 66.5 Å². The number of amides is 1. The van der Waals surface area contributed by atoms with Crippen LogP contribution < -0.4 is 9.62 Å². The first-order valence-electron chi connectivity index (χ1n) is 7.86. The maximum Gasteiger partial charge on any atom is 0.243 e. The number of para-hydroxylation sites is 1. The maximum atomic E-state index is 14.0.